The lowest BCUT2D eigenvalue weighted by atomic mass is 9.88. The Balaban J connectivity index is 1.53. The molecule has 0 bridgehead atoms. The lowest BCUT2D eigenvalue weighted by Crippen LogP contribution is -2.66. The van der Waals surface area contributed by atoms with E-state index in [1.807, 2.05) is 0 Å². The van der Waals surface area contributed by atoms with Crippen LogP contribution in [0.15, 0.2) is 0 Å². The minimum Gasteiger partial charge on any atom is -0.479 e. The fraction of sp³-hybridized carbons (Fsp3) is 0.833. The smallest absolute Gasteiger partial charge is 0.332 e. The van der Waals surface area contributed by atoms with Crippen molar-refractivity contribution in [3.8, 4) is 0 Å². The summed E-state index contributed by atoms with van der Waals surface area (Å²) in [4.78, 5) is 24.3. The van der Waals surface area contributed by atoms with Gasteiger partial charge in [0.15, 0.2) is 6.10 Å². The second-order valence-corrected chi connectivity index (χ2v) is 5.60. The molecule has 2 aliphatic heterocycles. The third kappa shape index (κ3) is 1.89. The standard InChI is InChI=1S/C12H17NO5/c14-10(8-3-4-9(18-8)11(15)16)13-5-12(17,6-13)7-1-2-7/h7-9,17H,1-6H2,(H,15,16). The van der Waals surface area contributed by atoms with E-state index in [0.717, 1.165) is 12.8 Å². The van der Waals surface area contributed by atoms with Crippen LogP contribution in [0.3, 0.4) is 0 Å². The summed E-state index contributed by atoms with van der Waals surface area (Å²) in [5.41, 5.74) is -0.694. The van der Waals surface area contributed by atoms with Gasteiger partial charge in [0.25, 0.3) is 5.91 Å². The molecule has 0 aromatic carbocycles. The molecule has 1 amide bonds. The van der Waals surface area contributed by atoms with Crippen molar-refractivity contribution in [2.24, 2.45) is 5.92 Å². The highest BCUT2D eigenvalue weighted by Gasteiger charge is 2.54. The van der Waals surface area contributed by atoms with Crippen LogP contribution in [-0.4, -0.2) is 57.9 Å². The number of hydrogen-bond acceptors (Lipinski definition) is 4. The summed E-state index contributed by atoms with van der Waals surface area (Å²) in [5.74, 6) is -0.842. The first-order valence-corrected chi connectivity index (χ1v) is 6.39. The van der Waals surface area contributed by atoms with Gasteiger partial charge in [-0.2, -0.15) is 0 Å². The zero-order valence-electron chi connectivity index (χ0n) is 10.0. The number of rotatable bonds is 3. The van der Waals surface area contributed by atoms with Crippen LogP contribution in [0.4, 0.5) is 0 Å². The highest BCUT2D eigenvalue weighted by atomic mass is 16.5. The molecule has 0 aromatic rings. The zero-order chi connectivity index (χ0) is 12.9. The topological polar surface area (TPSA) is 87.1 Å². The zero-order valence-corrected chi connectivity index (χ0v) is 10.0. The van der Waals surface area contributed by atoms with Crippen LogP contribution in [-0.2, 0) is 14.3 Å². The molecule has 0 aromatic heterocycles. The molecular formula is C12H17NO5. The number of amides is 1. The Morgan fingerprint density at radius 2 is 1.72 bits per heavy atom. The summed E-state index contributed by atoms with van der Waals surface area (Å²) in [7, 11) is 0. The molecule has 1 aliphatic carbocycles. The summed E-state index contributed by atoms with van der Waals surface area (Å²) in [6, 6.07) is 0. The third-order valence-electron chi connectivity index (χ3n) is 4.15. The molecule has 6 heteroatoms. The highest BCUT2D eigenvalue weighted by molar-refractivity contribution is 5.83. The number of carboxylic acids is 1. The van der Waals surface area contributed by atoms with E-state index in [9.17, 15) is 14.7 Å². The summed E-state index contributed by atoms with van der Waals surface area (Å²) >= 11 is 0. The number of aliphatic hydroxyl groups is 1. The van der Waals surface area contributed by atoms with Gasteiger partial charge in [0.1, 0.15) is 11.7 Å². The van der Waals surface area contributed by atoms with Gasteiger partial charge in [-0.3, -0.25) is 4.79 Å². The molecule has 2 saturated heterocycles. The van der Waals surface area contributed by atoms with Gasteiger partial charge in [-0.05, 0) is 31.6 Å². The van der Waals surface area contributed by atoms with Crippen molar-refractivity contribution in [1.82, 2.24) is 4.90 Å². The number of carbonyl (C=O) groups is 2. The number of nitrogens with zero attached hydrogens (tertiary/aromatic N) is 1. The third-order valence-corrected chi connectivity index (χ3v) is 4.15. The molecule has 2 heterocycles. The second-order valence-electron chi connectivity index (χ2n) is 5.60. The van der Waals surface area contributed by atoms with Crippen LogP contribution in [0, 0.1) is 5.92 Å². The van der Waals surface area contributed by atoms with Crippen LogP contribution in [0.2, 0.25) is 0 Å². The van der Waals surface area contributed by atoms with E-state index < -0.39 is 23.8 Å². The molecule has 6 nitrogen and oxygen atoms in total. The number of hydrogen-bond donors (Lipinski definition) is 2. The average molecular weight is 255 g/mol. The highest BCUT2D eigenvalue weighted by Crippen LogP contribution is 2.44. The van der Waals surface area contributed by atoms with E-state index in [0.29, 0.717) is 31.8 Å². The van der Waals surface area contributed by atoms with E-state index in [-0.39, 0.29) is 5.91 Å². The molecule has 3 rings (SSSR count). The van der Waals surface area contributed by atoms with E-state index in [1.54, 1.807) is 4.90 Å². The van der Waals surface area contributed by atoms with E-state index >= 15 is 0 Å². The van der Waals surface area contributed by atoms with Crippen LogP contribution in [0.25, 0.3) is 0 Å². The van der Waals surface area contributed by atoms with Crippen molar-refractivity contribution in [3.05, 3.63) is 0 Å². The fourth-order valence-corrected chi connectivity index (χ4v) is 2.85. The second kappa shape index (κ2) is 3.93. The van der Waals surface area contributed by atoms with Gasteiger partial charge in [-0.1, -0.05) is 0 Å². The maximum Gasteiger partial charge on any atom is 0.332 e. The van der Waals surface area contributed by atoms with Gasteiger partial charge in [-0.15, -0.1) is 0 Å². The molecule has 1 saturated carbocycles. The van der Waals surface area contributed by atoms with Gasteiger partial charge < -0.3 is 19.8 Å². The molecule has 2 unspecified atom stereocenters. The quantitative estimate of drug-likeness (QED) is 0.716. The van der Waals surface area contributed by atoms with Crippen molar-refractivity contribution in [1.29, 1.82) is 0 Å². The first-order valence-electron chi connectivity index (χ1n) is 6.39. The Kier molecular flexibility index (Phi) is 2.60. The lowest BCUT2D eigenvalue weighted by molar-refractivity contribution is -0.172. The van der Waals surface area contributed by atoms with Crippen LogP contribution in [0.1, 0.15) is 25.7 Å². The molecule has 0 spiro atoms. The fourth-order valence-electron chi connectivity index (χ4n) is 2.85. The number of carbonyl (C=O) groups excluding carboxylic acids is 1. The summed E-state index contributed by atoms with van der Waals surface area (Å²) in [6.07, 6.45) is 1.41. The van der Waals surface area contributed by atoms with Crippen LogP contribution >= 0.6 is 0 Å². The summed E-state index contributed by atoms with van der Waals surface area (Å²) in [6.45, 7) is 0.738. The Morgan fingerprint density at radius 1 is 1.11 bits per heavy atom. The Labute approximate surface area is 105 Å². The number of likely N-dealkylation sites (tertiary alicyclic amines) is 1. The predicted octanol–water partition coefficient (Wildman–Crippen LogP) is -0.398. The molecule has 18 heavy (non-hydrogen) atoms. The van der Waals surface area contributed by atoms with Crippen LogP contribution in [0.5, 0.6) is 0 Å². The summed E-state index contributed by atoms with van der Waals surface area (Å²) in [5, 5.41) is 18.9. The SMILES string of the molecule is O=C(O)C1CCC(C(=O)N2CC(O)(C3CC3)C2)O1. The number of β-amino-alcohol motifs (C(OH)–C–C–N with tert-alkyl or cyclic N) is 1. The number of aliphatic carboxylic acids is 1. The van der Waals surface area contributed by atoms with Gasteiger partial charge in [0.05, 0.1) is 13.1 Å². The Morgan fingerprint density at radius 3 is 2.22 bits per heavy atom. The van der Waals surface area contributed by atoms with Crippen molar-refractivity contribution < 1.29 is 24.5 Å². The average Bonchev–Trinajstić information content (AvgIpc) is 3.01. The lowest BCUT2D eigenvalue weighted by Gasteiger charge is -2.47. The normalized spacial score (nSPS) is 34.2. The Bertz CT molecular complexity index is 386. The van der Waals surface area contributed by atoms with E-state index in [1.165, 1.54) is 0 Å². The van der Waals surface area contributed by atoms with Gasteiger partial charge in [0.2, 0.25) is 0 Å². The molecular weight excluding hydrogens is 238 g/mol. The maximum atomic E-state index is 12.0. The molecule has 2 N–H and O–H groups in total. The van der Waals surface area contributed by atoms with Gasteiger partial charge in [0, 0.05) is 0 Å². The number of ether oxygens (including phenoxy) is 1. The van der Waals surface area contributed by atoms with Crippen molar-refractivity contribution in [2.75, 3.05) is 13.1 Å². The van der Waals surface area contributed by atoms with E-state index in [4.69, 9.17) is 9.84 Å². The van der Waals surface area contributed by atoms with Gasteiger partial charge in [-0.25, -0.2) is 4.79 Å². The monoisotopic (exact) mass is 255 g/mol. The van der Waals surface area contributed by atoms with Crippen molar-refractivity contribution >= 4 is 11.9 Å². The van der Waals surface area contributed by atoms with Crippen molar-refractivity contribution in [2.45, 2.75) is 43.5 Å². The molecule has 3 fully saturated rings. The minimum atomic E-state index is -1.01. The first-order chi connectivity index (χ1) is 8.49. The maximum absolute atomic E-state index is 12.0. The van der Waals surface area contributed by atoms with Crippen molar-refractivity contribution in [3.63, 3.8) is 0 Å². The Hall–Kier alpha value is -1.14. The van der Waals surface area contributed by atoms with Gasteiger partial charge >= 0.3 is 5.97 Å². The van der Waals surface area contributed by atoms with E-state index in [2.05, 4.69) is 0 Å². The first kappa shape index (κ1) is 11.9. The molecule has 100 valence electrons. The summed E-state index contributed by atoms with van der Waals surface area (Å²) < 4.78 is 5.21. The molecule has 0 radical (unpaired) electrons. The number of carboxylic acid groups (broad SMARTS) is 1. The molecule has 3 aliphatic rings. The largest absolute Gasteiger partial charge is 0.479 e. The minimum absolute atomic E-state index is 0.177. The predicted molar refractivity (Wildman–Crippen MR) is 59.8 cm³/mol. The van der Waals surface area contributed by atoms with Crippen LogP contribution < -0.4 is 0 Å². The molecule has 2 atom stereocenters.